The standard InChI is InChI=1S/C15H9ClFNO/c16-15-18-9-14(19-15)12-3-1-2-11(8-12)10-4-6-13(17)7-5-10/h1-9H. The predicted molar refractivity (Wildman–Crippen MR) is 72.3 cm³/mol. The Bertz CT molecular complexity index is 706. The fourth-order valence-corrected chi connectivity index (χ4v) is 2.01. The molecule has 4 heteroatoms. The highest BCUT2D eigenvalue weighted by Crippen LogP contribution is 2.27. The smallest absolute Gasteiger partial charge is 0.292 e. The van der Waals surface area contributed by atoms with E-state index in [2.05, 4.69) is 4.98 Å². The molecule has 0 aliphatic heterocycles. The van der Waals surface area contributed by atoms with E-state index >= 15 is 0 Å². The van der Waals surface area contributed by atoms with Crippen LogP contribution in [0, 0.1) is 5.82 Å². The van der Waals surface area contributed by atoms with Crippen LogP contribution < -0.4 is 0 Å². The van der Waals surface area contributed by atoms with Crippen LogP contribution >= 0.6 is 11.6 Å². The normalized spacial score (nSPS) is 10.6. The highest BCUT2D eigenvalue weighted by molar-refractivity contribution is 6.27. The monoisotopic (exact) mass is 273 g/mol. The molecule has 0 radical (unpaired) electrons. The maximum absolute atomic E-state index is 12.9. The third kappa shape index (κ3) is 2.51. The van der Waals surface area contributed by atoms with Gasteiger partial charge in [0.1, 0.15) is 5.82 Å². The van der Waals surface area contributed by atoms with Gasteiger partial charge in [0.05, 0.1) is 6.20 Å². The number of hydrogen-bond acceptors (Lipinski definition) is 2. The van der Waals surface area contributed by atoms with Crippen molar-refractivity contribution in [2.24, 2.45) is 0 Å². The second-order valence-electron chi connectivity index (χ2n) is 4.07. The van der Waals surface area contributed by atoms with E-state index in [1.54, 1.807) is 18.3 Å². The summed E-state index contributed by atoms with van der Waals surface area (Å²) in [4.78, 5) is 3.86. The molecule has 94 valence electrons. The zero-order valence-corrected chi connectivity index (χ0v) is 10.6. The van der Waals surface area contributed by atoms with E-state index in [4.69, 9.17) is 16.0 Å². The average molecular weight is 274 g/mol. The summed E-state index contributed by atoms with van der Waals surface area (Å²) in [7, 11) is 0. The lowest BCUT2D eigenvalue weighted by atomic mass is 10.0. The highest BCUT2D eigenvalue weighted by atomic mass is 35.5. The van der Waals surface area contributed by atoms with Gasteiger partial charge in [0, 0.05) is 5.56 Å². The van der Waals surface area contributed by atoms with Gasteiger partial charge >= 0.3 is 0 Å². The summed E-state index contributed by atoms with van der Waals surface area (Å²) in [6.07, 6.45) is 1.58. The quantitative estimate of drug-likeness (QED) is 0.670. The van der Waals surface area contributed by atoms with Crippen LogP contribution in [0.15, 0.2) is 59.1 Å². The molecule has 0 saturated carbocycles. The van der Waals surface area contributed by atoms with Gasteiger partial charge in [-0.2, -0.15) is 0 Å². The van der Waals surface area contributed by atoms with Gasteiger partial charge in [0.25, 0.3) is 5.35 Å². The second-order valence-corrected chi connectivity index (χ2v) is 4.39. The van der Waals surface area contributed by atoms with E-state index in [0.29, 0.717) is 5.76 Å². The zero-order valence-electron chi connectivity index (χ0n) is 9.81. The number of aromatic nitrogens is 1. The molecule has 0 amide bonds. The zero-order chi connectivity index (χ0) is 13.2. The Kier molecular flexibility index (Phi) is 3.05. The predicted octanol–water partition coefficient (Wildman–Crippen LogP) is 4.80. The number of oxazole rings is 1. The molecule has 0 N–H and O–H groups in total. The SMILES string of the molecule is Fc1ccc(-c2cccc(-c3cnc(Cl)o3)c2)cc1. The molecule has 0 unspecified atom stereocenters. The van der Waals surface area contributed by atoms with Gasteiger partial charge in [-0.3, -0.25) is 0 Å². The first-order valence-corrected chi connectivity index (χ1v) is 6.08. The van der Waals surface area contributed by atoms with Crippen LogP contribution in [-0.2, 0) is 0 Å². The summed E-state index contributed by atoms with van der Waals surface area (Å²) >= 11 is 5.67. The number of benzene rings is 2. The lowest BCUT2D eigenvalue weighted by molar-refractivity contribution is 0.574. The van der Waals surface area contributed by atoms with Gasteiger partial charge in [-0.1, -0.05) is 30.3 Å². The molecule has 3 aromatic rings. The van der Waals surface area contributed by atoms with Crippen molar-refractivity contribution in [2.45, 2.75) is 0 Å². The fraction of sp³-hybridized carbons (Fsp3) is 0. The summed E-state index contributed by atoms with van der Waals surface area (Å²) in [5.74, 6) is 0.357. The third-order valence-electron chi connectivity index (χ3n) is 2.80. The van der Waals surface area contributed by atoms with E-state index in [1.807, 2.05) is 24.3 Å². The molecule has 3 rings (SSSR count). The van der Waals surface area contributed by atoms with Crippen LogP contribution in [-0.4, -0.2) is 4.98 Å². The molecule has 2 nitrogen and oxygen atoms in total. The lowest BCUT2D eigenvalue weighted by Gasteiger charge is -2.03. The molecule has 0 bridgehead atoms. The number of nitrogens with zero attached hydrogens (tertiary/aromatic N) is 1. The van der Waals surface area contributed by atoms with Crippen molar-refractivity contribution in [1.82, 2.24) is 4.98 Å². The van der Waals surface area contributed by atoms with Crippen molar-refractivity contribution < 1.29 is 8.81 Å². The Morgan fingerprint density at radius 1 is 0.947 bits per heavy atom. The Hall–Kier alpha value is -2.13. The van der Waals surface area contributed by atoms with Crippen LogP contribution in [0.2, 0.25) is 5.35 Å². The molecule has 1 heterocycles. The van der Waals surface area contributed by atoms with E-state index in [1.165, 1.54) is 12.1 Å². The van der Waals surface area contributed by atoms with E-state index in [-0.39, 0.29) is 11.2 Å². The van der Waals surface area contributed by atoms with Crippen LogP contribution in [0.3, 0.4) is 0 Å². The number of hydrogen-bond donors (Lipinski definition) is 0. The third-order valence-corrected chi connectivity index (χ3v) is 2.98. The first kappa shape index (κ1) is 11.9. The maximum atomic E-state index is 12.9. The molecule has 0 fully saturated rings. The van der Waals surface area contributed by atoms with Crippen molar-refractivity contribution in [3.8, 4) is 22.5 Å². The van der Waals surface area contributed by atoms with E-state index in [0.717, 1.165) is 16.7 Å². The van der Waals surface area contributed by atoms with Gasteiger partial charge in [-0.25, -0.2) is 9.37 Å². The van der Waals surface area contributed by atoms with Crippen molar-refractivity contribution in [2.75, 3.05) is 0 Å². The summed E-state index contributed by atoms with van der Waals surface area (Å²) < 4.78 is 18.2. The molecule has 1 aromatic heterocycles. The second kappa shape index (κ2) is 4.86. The molecule has 0 spiro atoms. The van der Waals surface area contributed by atoms with Gasteiger partial charge in [0.2, 0.25) is 0 Å². The first-order valence-electron chi connectivity index (χ1n) is 5.70. The average Bonchev–Trinajstić information content (AvgIpc) is 2.86. The molecule has 19 heavy (non-hydrogen) atoms. The largest absolute Gasteiger partial charge is 0.428 e. The molecule has 0 aliphatic rings. The van der Waals surface area contributed by atoms with Crippen LogP contribution in [0.4, 0.5) is 4.39 Å². The topological polar surface area (TPSA) is 26.0 Å². The van der Waals surface area contributed by atoms with Crippen molar-refractivity contribution in [3.63, 3.8) is 0 Å². The number of halogens is 2. The molecule has 2 aromatic carbocycles. The summed E-state index contributed by atoms with van der Waals surface area (Å²) in [5, 5.41) is 0.113. The molecular weight excluding hydrogens is 265 g/mol. The summed E-state index contributed by atoms with van der Waals surface area (Å²) in [6, 6.07) is 14.1. The summed E-state index contributed by atoms with van der Waals surface area (Å²) in [5.41, 5.74) is 2.79. The minimum Gasteiger partial charge on any atom is -0.428 e. The Morgan fingerprint density at radius 3 is 2.37 bits per heavy atom. The lowest BCUT2D eigenvalue weighted by Crippen LogP contribution is -1.80. The van der Waals surface area contributed by atoms with Crippen LogP contribution in [0.25, 0.3) is 22.5 Å². The highest BCUT2D eigenvalue weighted by Gasteiger charge is 2.06. The number of rotatable bonds is 2. The Labute approximate surface area is 114 Å². The van der Waals surface area contributed by atoms with Crippen molar-refractivity contribution in [1.29, 1.82) is 0 Å². The van der Waals surface area contributed by atoms with Crippen LogP contribution in [0.1, 0.15) is 0 Å². The van der Waals surface area contributed by atoms with E-state index < -0.39 is 0 Å². The minimum atomic E-state index is -0.248. The maximum Gasteiger partial charge on any atom is 0.292 e. The van der Waals surface area contributed by atoms with Gasteiger partial charge in [-0.15, -0.1) is 0 Å². The van der Waals surface area contributed by atoms with Crippen molar-refractivity contribution >= 4 is 11.6 Å². The first-order chi connectivity index (χ1) is 9.22. The van der Waals surface area contributed by atoms with E-state index in [9.17, 15) is 4.39 Å². The van der Waals surface area contributed by atoms with Crippen molar-refractivity contribution in [3.05, 3.63) is 65.9 Å². The molecular formula is C15H9ClFNO. The minimum absolute atomic E-state index is 0.113. The summed E-state index contributed by atoms with van der Waals surface area (Å²) in [6.45, 7) is 0. The van der Waals surface area contributed by atoms with Crippen LogP contribution in [0.5, 0.6) is 0 Å². The molecule has 0 aliphatic carbocycles. The molecule has 0 saturated heterocycles. The van der Waals surface area contributed by atoms with Gasteiger partial charge < -0.3 is 4.42 Å². The van der Waals surface area contributed by atoms with Gasteiger partial charge in [-0.05, 0) is 40.9 Å². The Morgan fingerprint density at radius 2 is 1.68 bits per heavy atom. The van der Waals surface area contributed by atoms with Gasteiger partial charge in [0.15, 0.2) is 5.76 Å². The Balaban J connectivity index is 2.02. The fourth-order valence-electron chi connectivity index (χ4n) is 1.88. The molecule has 0 atom stereocenters.